The van der Waals surface area contributed by atoms with Crippen molar-refractivity contribution in [3.05, 3.63) is 77.9 Å². The average molecular weight is 475 g/mol. The van der Waals surface area contributed by atoms with Gasteiger partial charge in [0.2, 0.25) is 16.8 Å². The van der Waals surface area contributed by atoms with Crippen LogP contribution in [0, 0.1) is 0 Å². The Hall–Kier alpha value is -3.98. The third kappa shape index (κ3) is 4.29. The molecule has 1 aliphatic heterocycles. The number of phenols is 1. The van der Waals surface area contributed by atoms with Crippen molar-refractivity contribution in [3.8, 4) is 34.4 Å². The number of aromatic nitrogens is 3. The molecule has 0 fully saturated rings. The van der Waals surface area contributed by atoms with Crippen molar-refractivity contribution in [3.63, 3.8) is 0 Å². The Morgan fingerprint density at radius 1 is 0.971 bits per heavy atom. The van der Waals surface area contributed by atoms with Gasteiger partial charge in [0.15, 0.2) is 23.4 Å². The third-order valence-electron chi connectivity index (χ3n) is 5.35. The number of benzene rings is 3. The van der Waals surface area contributed by atoms with Gasteiger partial charge >= 0.3 is 0 Å². The molecule has 0 bridgehead atoms. The first-order chi connectivity index (χ1) is 16.7. The van der Waals surface area contributed by atoms with Crippen LogP contribution in [0.1, 0.15) is 17.4 Å². The Labute approximate surface area is 200 Å². The van der Waals surface area contributed by atoms with E-state index in [-0.39, 0.29) is 17.2 Å². The highest BCUT2D eigenvalue weighted by atomic mass is 32.2. The van der Waals surface area contributed by atoms with Crippen molar-refractivity contribution in [2.24, 2.45) is 0 Å². The zero-order valence-electron chi connectivity index (χ0n) is 18.6. The molecule has 3 aromatic carbocycles. The van der Waals surface area contributed by atoms with E-state index in [1.807, 2.05) is 42.5 Å². The lowest BCUT2D eigenvalue weighted by molar-refractivity contribution is 0.223. The van der Waals surface area contributed by atoms with Gasteiger partial charge in [-0.05, 0) is 23.8 Å². The first-order valence-electron chi connectivity index (χ1n) is 10.5. The maximum Gasteiger partial charge on any atom is 0.247 e. The van der Waals surface area contributed by atoms with Crippen LogP contribution in [-0.4, -0.2) is 34.5 Å². The smallest absolute Gasteiger partial charge is 0.247 e. The van der Waals surface area contributed by atoms with Gasteiger partial charge in [-0.2, -0.15) is 4.98 Å². The van der Waals surface area contributed by atoms with Crippen LogP contribution in [0.15, 0.2) is 71.9 Å². The van der Waals surface area contributed by atoms with E-state index in [0.29, 0.717) is 28.0 Å². The van der Waals surface area contributed by atoms with E-state index in [0.717, 1.165) is 11.3 Å². The molecular formula is C25H22N4O4S. The van der Waals surface area contributed by atoms with Crippen molar-refractivity contribution in [2.45, 2.75) is 17.1 Å². The summed E-state index contributed by atoms with van der Waals surface area (Å²) in [6.45, 7) is 0. The van der Waals surface area contributed by atoms with Gasteiger partial charge in [0, 0.05) is 22.6 Å². The average Bonchev–Trinajstić information content (AvgIpc) is 3.05. The number of rotatable bonds is 6. The van der Waals surface area contributed by atoms with Crippen molar-refractivity contribution < 1.29 is 19.3 Å². The number of anilines is 1. The molecule has 34 heavy (non-hydrogen) atoms. The molecule has 8 nitrogen and oxygen atoms in total. The first-order valence-corrected chi connectivity index (χ1v) is 11.5. The van der Waals surface area contributed by atoms with Gasteiger partial charge in [0.1, 0.15) is 0 Å². The monoisotopic (exact) mass is 474 g/mol. The number of methoxy groups -OCH3 is 2. The number of phenolic OH excluding ortho intramolecular Hbond substituents is 1. The van der Waals surface area contributed by atoms with Crippen molar-refractivity contribution in [2.75, 3.05) is 19.5 Å². The van der Waals surface area contributed by atoms with Crippen LogP contribution >= 0.6 is 11.8 Å². The van der Waals surface area contributed by atoms with Gasteiger partial charge in [-0.3, -0.25) is 0 Å². The van der Waals surface area contributed by atoms with Crippen LogP contribution in [0.4, 0.5) is 5.69 Å². The summed E-state index contributed by atoms with van der Waals surface area (Å²) < 4.78 is 17.0. The largest absolute Gasteiger partial charge is 0.502 e. The normalized spacial score (nSPS) is 14.1. The van der Waals surface area contributed by atoms with Crippen LogP contribution in [0.25, 0.3) is 11.3 Å². The lowest BCUT2D eigenvalue weighted by atomic mass is 10.1. The topological polar surface area (TPSA) is 98.6 Å². The minimum Gasteiger partial charge on any atom is -0.502 e. The highest BCUT2D eigenvalue weighted by Gasteiger charge is 2.27. The second-order valence-corrected chi connectivity index (χ2v) is 8.43. The van der Waals surface area contributed by atoms with E-state index in [1.54, 1.807) is 12.1 Å². The van der Waals surface area contributed by atoms with Gasteiger partial charge in [-0.15, -0.1) is 10.2 Å². The first kappa shape index (κ1) is 21.8. The van der Waals surface area contributed by atoms with E-state index < -0.39 is 6.23 Å². The molecule has 4 aromatic rings. The van der Waals surface area contributed by atoms with Crippen LogP contribution < -0.4 is 19.5 Å². The quantitative estimate of drug-likeness (QED) is 0.372. The van der Waals surface area contributed by atoms with E-state index in [9.17, 15) is 5.11 Å². The summed E-state index contributed by atoms with van der Waals surface area (Å²) >= 11 is 1.49. The number of ether oxygens (including phenoxy) is 3. The SMILES string of the molecule is COc1cc([C@H]2Nc3ccccc3-c3nnc(SCc4ccccc4)nc3O2)cc(OC)c1O. The number of thioether (sulfide) groups is 1. The molecule has 0 aliphatic carbocycles. The number of nitrogens with zero attached hydrogens (tertiary/aromatic N) is 3. The Morgan fingerprint density at radius 3 is 2.41 bits per heavy atom. The van der Waals surface area contributed by atoms with Gasteiger partial charge < -0.3 is 24.6 Å². The molecule has 0 spiro atoms. The lowest BCUT2D eigenvalue weighted by Gasteiger charge is -2.21. The van der Waals surface area contributed by atoms with Crippen LogP contribution in [0.2, 0.25) is 0 Å². The van der Waals surface area contributed by atoms with Gasteiger partial charge in [0.05, 0.1) is 14.2 Å². The summed E-state index contributed by atoms with van der Waals surface area (Å²) in [5, 5.41) is 23.0. The van der Waals surface area contributed by atoms with Crippen molar-refractivity contribution in [1.82, 2.24) is 15.2 Å². The number of aromatic hydroxyl groups is 1. The van der Waals surface area contributed by atoms with E-state index >= 15 is 0 Å². The summed E-state index contributed by atoms with van der Waals surface area (Å²) in [5.41, 5.74) is 4.05. The fraction of sp³-hybridized carbons (Fsp3) is 0.160. The second kappa shape index (κ2) is 9.48. The summed E-state index contributed by atoms with van der Waals surface area (Å²) in [7, 11) is 2.97. The molecule has 9 heteroatoms. The maximum absolute atomic E-state index is 10.3. The summed E-state index contributed by atoms with van der Waals surface area (Å²) in [5.74, 6) is 1.55. The predicted molar refractivity (Wildman–Crippen MR) is 129 cm³/mol. The Balaban J connectivity index is 1.53. The molecule has 0 radical (unpaired) electrons. The molecular weight excluding hydrogens is 452 g/mol. The van der Waals surface area contributed by atoms with E-state index in [2.05, 4.69) is 32.6 Å². The fourth-order valence-electron chi connectivity index (χ4n) is 3.65. The summed E-state index contributed by atoms with van der Waals surface area (Å²) in [6.07, 6.45) is -0.644. The number of hydrogen-bond donors (Lipinski definition) is 2. The van der Waals surface area contributed by atoms with Gasteiger partial charge in [-0.1, -0.05) is 60.3 Å². The molecule has 0 saturated heterocycles. The van der Waals surface area contributed by atoms with E-state index in [1.165, 1.54) is 31.5 Å². The number of hydrogen-bond acceptors (Lipinski definition) is 9. The zero-order chi connectivity index (χ0) is 23.5. The zero-order valence-corrected chi connectivity index (χ0v) is 19.4. The Kier molecular flexibility index (Phi) is 6.09. The summed E-state index contributed by atoms with van der Waals surface area (Å²) in [4.78, 5) is 4.68. The molecule has 0 amide bonds. The highest BCUT2D eigenvalue weighted by Crippen LogP contribution is 2.43. The van der Waals surface area contributed by atoms with Gasteiger partial charge in [0.25, 0.3) is 0 Å². The maximum atomic E-state index is 10.3. The Morgan fingerprint density at radius 2 is 1.68 bits per heavy atom. The molecule has 0 unspecified atom stereocenters. The number of nitrogens with one attached hydrogen (secondary N) is 1. The van der Waals surface area contributed by atoms with Gasteiger partial charge in [-0.25, -0.2) is 0 Å². The predicted octanol–water partition coefficient (Wildman–Crippen LogP) is 5.06. The number of para-hydroxylation sites is 1. The fourth-order valence-corrected chi connectivity index (χ4v) is 4.38. The minimum absolute atomic E-state index is 0.0771. The van der Waals surface area contributed by atoms with Crippen molar-refractivity contribution >= 4 is 17.4 Å². The molecule has 5 rings (SSSR count). The minimum atomic E-state index is -0.644. The second-order valence-electron chi connectivity index (χ2n) is 7.48. The van der Waals surface area contributed by atoms with Crippen LogP contribution in [0.5, 0.6) is 23.1 Å². The molecule has 1 aliphatic rings. The standard InChI is InChI=1S/C25H22N4O4S/c1-31-19-12-16(13-20(32-2)22(19)30)23-26-18-11-7-6-10-17(18)21-24(33-23)27-25(29-28-21)34-14-15-8-4-3-5-9-15/h3-13,23,26,30H,14H2,1-2H3/t23-/m0/s1. The molecule has 2 N–H and O–H groups in total. The van der Waals surface area contributed by atoms with Crippen LogP contribution in [0.3, 0.4) is 0 Å². The highest BCUT2D eigenvalue weighted by molar-refractivity contribution is 7.98. The molecule has 172 valence electrons. The third-order valence-corrected chi connectivity index (χ3v) is 6.26. The molecule has 2 heterocycles. The van der Waals surface area contributed by atoms with E-state index in [4.69, 9.17) is 14.2 Å². The molecule has 0 saturated carbocycles. The summed E-state index contributed by atoms with van der Waals surface area (Å²) in [6, 6.07) is 21.2. The van der Waals surface area contributed by atoms with Crippen molar-refractivity contribution in [1.29, 1.82) is 0 Å². The molecule has 1 aromatic heterocycles. The number of fused-ring (bicyclic) bond motifs is 3. The molecule has 1 atom stereocenters. The lowest BCUT2D eigenvalue weighted by Crippen LogP contribution is -2.17. The Bertz CT molecular complexity index is 1290. The van der Waals surface area contributed by atoms with Crippen LogP contribution in [-0.2, 0) is 5.75 Å².